The van der Waals surface area contributed by atoms with Crippen LogP contribution in [0.3, 0.4) is 0 Å². The zero-order valence-electron chi connectivity index (χ0n) is 21.4. The summed E-state index contributed by atoms with van der Waals surface area (Å²) >= 11 is 0. The monoisotopic (exact) mass is 517 g/mol. The highest BCUT2D eigenvalue weighted by Gasteiger charge is 2.32. The number of aromatic nitrogens is 6. The predicted octanol–water partition coefficient (Wildman–Crippen LogP) is 4.17. The lowest BCUT2D eigenvalue weighted by Crippen LogP contribution is -2.42. The average Bonchev–Trinajstić information content (AvgIpc) is 3.69. The van der Waals surface area contributed by atoms with Gasteiger partial charge in [0.2, 0.25) is 11.8 Å². The smallest absolute Gasteiger partial charge is 0.247 e. The molecule has 0 amide bonds. The van der Waals surface area contributed by atoms with Crippen LogP contribution in [-0.4, -0.2) is 68.5 Å². The largest absolute Gasteiger partial charge is 0.496 e. The molecule has 10 nitrogen and oxygen atoms in total. The SMILES string of the molecule is COc1cccc(F)c1CN1CC(OC)C[C@@H](c2nnc(-c3ccc4[nH]nc(-c5cnn(C)c5)c4c3)o2)C1. The van der Waals surface area contributed by atoms with E-state index in [0.29, 0.717) is 42.7 Å². The summed E-state index contributed by atoms with van der Waals surface area (Å²) in [7, 11) is 5.11. The lowest BCUT2D eigenvalue weighted by Gasteiger charge is -2.36. The van der Waals surface area contributed by atoms with Crippen molar-refractivity contribution in [2.75, 3.05) is 27.3 Å². The normalized spacial score (nSPS) is 18.3. The van der Waals surface area contributed by atoms with E-state index in [-0.39, 0.29) is 17.8 Å². The first-order chi connectivity index (χ1) is 18.5. The standard InChI is InChI=1S/C27H28FN7O3/c1-34-12-18(11-29-34)25-20-10-16(7-8-23(20)30-31-25)26-32-33-27(38-26)17-9-19(36-2)14-35(13-17)15-21-22(28)5-4-6-24(21)37-3/h4-8,10-12,17,19H,9,13-15H2,1-3H3,(H,30,31)/t17-,19?/m1/s1. The summed E-state index contributed by atoms with van der Waals surface area (Å²) in [6.07, 6.45) is 4.39. The molecule has 2 aromatic carbocycles. The number of H-pyrrole nitrogens is 1. The number of rotatable bonds is 7. The molecule has 1 unspecified atom stereocenters. The van der Waals surface area contributed by atoms with Crippen molar-refractivity contribution in [3.05, 3.63) is 66.1 Å². The topological polar surface area (TPSA) is 107 Å². The van der Waals surface area contributed by atoms with E-state index in [0.717, 1.165) is 34.1 Å². The Kier molecular flexibility index (Phi) is 6.38. The minimum absolute atomic E-state index is 0.0498. The molecule has 6 rings (SSSR count). The zero-order chi connectivity index (χ0) is 26.2. The van der Waals surface area contributed by atoms with E-state index in [1.165, 1.54) is 6.07 Å². The molecule has 196 valence electrons. The van der Waals surface area contributed by atoms with Crippen molar-refractivity contribution in [1.82, 2.24) is 35.1 Å². The summed E-state index contributed by atoms with van der Waals surface area (Å²) in [4.78, 5) is 2.14. The van der Waals surface area contributed by atoms with Gasteiger partial charge in [0.1, 0.15) is 17.3 Å². The summed E-state index contributed by atoms with van der Waals surface area (Å²) in [5.74, 6) is 1.15. The molecule has 11 heteroatoms. The van der Waals surface area contributed by atoms with Crippen LogP contribution in [0.4, 0.5) is 4.39 Å². The third kappa shape index (κ3) is 4.54. The van der Waals surface area contributed by atoms with Gasteiger partial charge >= 0.3 is 0 Å². The second kappa shape index (κ2) is 9.99. The van der Waals surface area contributed by atoms with Crippen molar-refractivity contribution in [2.24, 2.45) is 7.05 Å². The molecule has 2 atom stereocenters. The maximum Gasteiger partial charge on any atom is 0.247 e. The number of benzene rings is 2. The first-order valence-corrected chi connectivity index (χ1v) is 12.4. The minimum Gasteiger partial charge on any atom is -0.496 e. The van der Waals surface area contributed by atoms with Crippen LogP contribution in [0.15, 0.2) is 53.2 Å². The van der Waals surface area contributed by atoms with Crippen molar-refractivity contribution in [3.63, 3.8) is 0 Å². The minimum atomic E-state index is -0.291. The number of hydrogen-bond acceptors (Lipinski definition) is 8. The van der Waals surface area contributed by atoms with Crippen LogP contribution in [0.1, 0.15) is 23.8 Å². The van der Waals surface area contributed by atoms with Crippen molar-refractivity contribution >= 4 is 10.9 Å². The van der Waals surface area contributed by atoms with Gasteiger partial charge in [-0.05, 0) is 36.8 Å². The van der Waals surface area contributed by atoms with Gasteiger partial charge in [0.05, 0.1) is 30.8 Å². The van der Waals surface area contributed by atoms with Crippen LogP contribution in [0.25, 0.3) is 33.6 Å². The molecular formula is C27H28FN7O3. The van der Waals surface area contributed by atoms with E-state index in [2.05, 4.69) is 30.4 Å². The molecule has 5 aromatic rings. The molecule has 0 aliphatic carbocycles. The number of aromatic amines is 1. The molecule has 1 fully saturated rings. The number of likely N-dealkylation sites (tertiary alicyclic amines) is 1. The summed E-state index contributed by atoms with van der Waals surface area (Å²) in [5, 5.41) is 21.5. The number of ether oxygens (including phenoxy) is 2. The van der Waals surface area contributed by atoms with Crippen molar-refractivity contribution in [3.8, 4) is 28.5 Å². The Balaban J connectivity index is 1.26. The zero-order valence-corrected chi connectivity index (χ0v) is 21.4. The van der Waals surface area contributed by atoms with Crippen molar-refractivity contribution < 1.29 is 18.3 Å². The summed E-state index contributed by atoms with van der Waals surface area (Å²) in [6, 6.07) is 10.7. The van der Waals surface area contributed by atoms with Crippen LogP contribution in [-0.2, 0) is 18.3 Å². The van der Waals surface area contributed by atoms with E-state index >= 15 is 0 Å². The van der Waals surface area contributed by atoms with Crippen LogP contribution >= 0.6 is 0 Å². The number of fused-ring (bicyclic) bond motifs is 1. The fourth-order valence-electron chi connectivity index (χ4n) is 5.15. The fourth-order valence-corrected chi connectivity index (χ4v) is 5.15. The van der Waals surface area contributed by atoms with Crippen molar-refractivity contribution in [1.29, 1.82) is 0 Å². The van der Waals surface area contributed by atoms with E-state index in [9.17, 15) is 4.39 Å². The number of nitrogens with zero attached hydrogens (tertiary/aromatic N) is 6. The van der Waals surface area contributed by atoms with Gasteiger partial charge < -0.3 is 13.9 Å². The molecule has 0 saturated carbocycles. The Bertz CT molecular complexity index is 1580. The number of piperidine rings is 1. The Morgan fingerprint density at radius 2 is 2.03 bits per heavy atom. The van der Waals surface area contributed by atoms with Gasteiger partial charge in [-0.1, -0.05) is 6.07 Å². The lowest BCUT2D eigenvalue weighted by molar-refractivity contribution is 0.0148. The van der Waals surface area contributed by atoms with E-state index in [1.807, 2.05) is 31.4 Å². The number of methoxy groups -OCH3 is 2. The number of aryl methyl sites for hydroxylation is 1. The van der Waals surface area contributed by atoms with E-state index < -0.39 is 0 Å². The molecule has 1 N–H and O–H groups in total. The highest BCUT2D eigenvalue weighted by molar-refractivity contribution is 5.94. The third-order valence-corrected chi connectivity index (χ3v) is 7.08. The molecule has 0 bridgehead atoms. The second-order valence-corrected chi connectivity index (χ2v) is 9.59. The molecule has 3 aromatic heterocycles. The predicted molar refractivity (Wildman–Crippen MR) is 138 cm³/mol. The van der Waals surface area contributed by atoms with Crippen LogP contribution in [0.2, 0.25) is 0 Å². The number of halogens is 1. The molecule has 0 radical (unpaired) electrons. The fraction of sp³-hybridized carbons (Fsp3) is 0.333. The highest BCUT2D eigenvalue weighted by Crippen LogP contribution is 2.34. The van der Waals surface area contributed by atoms with Gasteiger partial charge in [-0.15, -0.1) is 10.2 Å². The van der Waals surface area contributed by atoms with Crippen LogP contribution in [0.5, 0.6) is 5.75 Å². The Hall–Kier alpha value is -4.09. The van der Waals surface area contributed by atoms with E-state index in [1.54, 1.807) is 37.2 Å². The average molecular weight is 518 g/mol. The van der Waals surface area contributed by atoms with Gasteiger partial charge in [0, 0.05) is 62.1 Å². The number of hydrogen-bond donors (Lipinski definition) is 1. The van der Waals surface area contributed by atoms with Gasteiger partial charge in [-0.2, -0.15) is 10.2 Å². The lowest BCUT2D eigenvalue weighted by atomic mass is 9.95. The number of nitrogens with one attached hydrogen (secondary N) is 1. The van der Waals surface area contributed by atoms with Gasteiger partial charge in [0.15, 0.2) is 0 Å². The Morgan fingerprint density at radius 3 is 2.82 bits per heavy atom. The molecule has 1 aliphatic heterocycles. The van der Waals surface area contributed by atoms with Crippen LogP contribution < -0.4 is 4.74 Å². The third-order valence-electron chi connectivity index (χ3n) is 7.08. The second-order valence-electron chi connectivity index (χ2n) is 9.59. The molecule has 1 aliphatic rings. The van der Waals surface area contributed by atoms with E-state index in [4.69, 9.17) is 13.9 Å². The maximum absolute atomic E-state index is 14.6. The first kappa shape index (κ1) is 24.3. The quantitative estimate of drug-likeness (QED) is 0.343. The molecule has 0 spiro atoms. The van der Waals surface area contributed by atoms with Crippen LogP contribution in [0, 0.1) is 5.82 Å². The highest BCUT2D eigenvalue weighted by atomic mass is 19.1. The van der Waals surface area contributed by atoms with Crippen molar-refractivity contribution in [2.45, 2.75) is 25.0 Å². The Morgan fingerprint density at radius 1 is 1.13 bits per heavy atom. The molecule has 1 saturated heterocycles. The van der Waals surface area contributed by atoms with Gasteiger partial charge in [-0.3, -0.25) is 14.7 Å². The summed E-state index contributed by atoms with van der Waals surface area (Å²) in [6.45, 7) is 1.69. The maximum atomic E-state index is 14.6. The molecule has 4 heterocycles. The van der Waals surface area contributed by atoms with Gasteiger partial charge in [-0.25, -0.2) is 4.39 Å². The summed E-state index contributed by atoms with van der Waals surface area (Å²) in [5.41, 5.74) is 3.96. The Labute approximate surface area is 218 Å². The molecular weight excluding hydrogens is 489 g/mol. The first-order valence-electron chi connectivity index (χ1n) is 12.4. The molecule has 38 heavy (non-hydrogen) atoms. The van der Waals surface area contributed by atoms with Gasteiger partial charge in [0.25, 0.3) is 0 Å². The summed E-state index contributed by atoms with van der Waals surface area (Å²) < 4.78 is 33.7.